The van der Waals surface area contributed by atoms with Gasteiger partial charge >= 0.3 is 0 Å². The van der Waals surface area contributed by atoms with Crippen molar-refractivity contribution >= 4 is 45.1 Å². The number of carbonyl (C=O) groups excluding carboxylic acids is 2. The summed E-state index contributed by atoms with van der Waals surface area (Å²) in [5, 5.41) is 2.98. The van der Waals surface area contributed by atoms with Gasteiger partial charge in [-0.15, -0.1) is 23.1 Å². The van der Waals surface area contributed by atoms with Crippen molar-refractivity contribution in [3.05, 3.63) is 50.6 Å². The Balaban J connectivity index is 1.59. The Kier molecular flexibility index (Phi) is 5.28. The van der Waals surface area contributed by atoms with E-state index in [2.05, 4.69) is 15.3 Å². The second-order valence-corrected chi connectivity index (χ2v) is 8.04. The first-order chi connectivity index (χ1) is 12.4. The van der Waals surface area contributed by atoms with Crippen LogP contribution >= 0.6 is 23.1 Å². The number of fused-ring (bicyclic) bond motifs is 1. The van der Waals surface area contributed by atoms with Gasteiger partial charge in [-0.1, -0.05) is 0 Å². The van der Waals surface area contributed by atoms with Crippen molar-refractivity contribution in [2.75, 3.05) is 5.75 Å². The molecule has 0 aliphatic heterocycles. The van der Waals surface area contributed by atoms with Crippen molar-refractivity contribution in [1.82, 2.24) is 19.9 Å². The molecule has 0 aromatic carbocycles. The number of aromatic amines is 1. The number of aryl methyl sites for hydroxylation is 3. The molecule has 0 radical (unpaired) electrons. The standard InChI is InChI=1S/C17H18N4O3S2/c1-9-10(2)26-17-14(9)16(24)18-12(19-17)7-25-8-13(22)20-15(23)11-5-4-6-21(11)3/h4-6H,7-8H2,1-3H3,(H,18,19,24)(H,20,22,23). The number of amides is 2. The maximum Gasteiger partial charge on any atom is 0.274 e. The predicted molar refractivity (Wildman–Crippen MR) is 104 cm³/mol. The highest BCUT2D eigenvalue weighted by atomic mass is 32.2. The summed E-state index contributed by atoms with van der Waals surface area (Å²) in [5.74, 6) is 0.191. The molecule has 136 valence electrons. The van der Waals surface area contributed by atoms with Crippen molar-refractivity contribution in [3.63, 3.8) is 0 Å². The lowest BCUT2D eigenvalue weighted by Crippen LogP contribution is -2.33. The molecule has 0 aliphatic carbocycles. The molecule has 2 N–H and O–H groups in total. The number of aromatic nitrogens is 3. The molecule has 7 nitrogen and oxygen atoms in total. The van der Waals surface area contributed by atoms with E-state index in [1.165, 1.54) is 23.1 Å². The average Bonchev–Trinajstić information content (AvgIpc) is 3.11. The molecule has 0 fully saturated rings. The molecule has 3 heterocycles. The summed E-state index contributed by atoms with van der Waals surface area (Å²) in [6.07, 6.45) is 1.74. The van der Waals surface area contributed by atoms with Crippen molar-refractivity contribution < 1.29 is 9.59 Å². The Hall–Kier alpha value is -2.39. The minimum Gasteiger partial charge on any atom is -0.347 e. The minimum absolute atomic E-state index is 0.0976. The molecule has 3 aromatic heterocycles. The lowest BCUT2D eigenvalue weighted by Gasteiger charge is -2.05. The van der Waals surface area contributed by atoms with Crippen LogP contribution in [0.25, 0.3) is 10.2 Å². The van der Waals surface area contributed by atoms with Gasteiger partial charge in [-0.3, -0.25) is 19.7 Å². The summed E-state index contributed by atoms with van der Waals surface area (Å²) in [7, 11) is 1.74. The zero-order valence-electron chi connectivity index (χ0n) is 14.6. The quantitative estimate of drug-likeness (QED) is 0.696. The van der Waals surface area contributed by atoms with Crippen LogP contribution in [0.15, 0.2) is 23.1 Å². The third kappa shape index (κ3) is 3.73. The number of thiophene rings is 1. The molecule has 3 rings (SSSR count). The molecule has 2 amide bonds. The number of carbonyl (C=O) groups is 2. The maximum absolute atomic E-state index is 12.2. The lowest BCUT2D eigenvalue weighted by atomic mass is 10.2. The van der Waals surface area contributed by atoms with Gasteiger partial charge in [-0.05, 0) is 31.5 Å². The third-order valence-electron chi connectivity index (χ3n) is 3.99. The van der Waals surface area contributed by atoms with Gasteiger partial charge < -0.3 is 9.55 Å². The first kappa shape index (κ1) is 18.4. The van der Waals surface area contributed by atoms with Crippen LogP contribution in [0.5, 0.6) is 0 Å². The minimum atomic E-state index is -0.430. The molecule has 0 aliphatic rings. The summed E-state index contributed by atoms with van der Waals surface area (Å²) >= 11 is 2.78. The van der Waals surface area contributed by atoms with Gasteiger partial charge in [0.15, 0.2) is 0 Å². The van der Waals surface area contributed by atoms with Crippen molar-refractivity contribution in [2.24, 2.45) is 7.05 Å². The Morgan fingerprint density at radius 3 is 2.85 bits per heavy atom. The average molecular weight is 390 g/mol. The van der Waals surface area contributed by atoms with Crippen molar-refractivity contribution in [2.45, 2.75) is 19.6 Å². The number of nitrogens with zero attached hydrogens (tertiary/aromatic N) is 2. The van der Waals surface area contributed by atoms with E-state index in [0.717, 1.165) is 10.4 Å². The van der Waals surface area contributed by atoms with Crippen LogP contribution in [-0.2, 0) is 17.6 Å². The van der Waals surface area contributed by atoms with Crippen LogP contribution in [0.2, 0.25) is 0 Å². The Morgan fingerprint density at radius 2 is 2.15 bits per heavy atom. The van der Waals surface area contributed by atoms with Crippen LogP contribution < -0.4 is 10.9 Å². The second kappa shape index (κ2) is 7.46. The fourth-order valence-electron chi connectivity index (χ4n) is 2.53. The summed E-state index contributed by atoms with van der Waals surface area (Å²) in [6.45, 7) is 3.87. The molecule has 0 saturated carbocycles. The van der Waals surface area contributed by atoms with Gasteiger partial charge in [0.05, 0.1) is 16.9 Å². The normalized spacial score (nSPS) is 11.0. The number of nitrogens with one attached hydrogen (secondary N) is 2. The number of rotatable bonds is 5. The molecule has 3 aromatic rings. The molecule has 9 heteroatoms. The topological polar surface area (TPSA) is 96.8 Å². The third-order valence-corrected chi connectivity index (χ3v) is 6.03. The van der Waals surface area contributed by atoms with E-state index in [-0.39, 0.29) is 17.2 Å². The molecule has 0 atom stereocenters. The van der Waals surface area contributed by atoms with Crippen LogP contribution in [0, 0.1) is 13.8 Å². The number of hydrogen-bond acceptors (Lipinski definition) is 6. The largest absolute Gasteiger partial charge is 0.347 e. The molecule has 26 heavy (non-hydrogen) atoms. The van der Waals surface area contributed by atoms with Crippen LogP contribution in [0.1, 0.15) is 26.8 Å². The van der Waals surface area contributed by atoms with E-state index in [1.807, 2.05) is 13.8 Å². The highest BCUT2D eigenvalue weighted by Crippen LogP contribution is 2.26. The highest BCUT2D eigenvalue weighted by Gasteiger charge is 2.14. The van der Waals surface area contributed by atoms with E-state index < -0.39 is 5.91 Å². The maximum atomic E-state index is 12.2. The number of imide groups is 1. The van der Waals surface area contributed by atoms with Gasteiger partial charge in [0, 0.05) is 18.1 Å². The molecule has 0 saturated heterocycles. The summed E-state index contributed by atoms with van der Waals surface area (Å²) in [6, 6.07) is 3.38. The first-order valence-corrected chi connectivity index (χ1v) is 9.86. The van der Waals surface area contributed by atoms with E-state index in [1.54, 1.807) is 29.9 Å². The Bertz CT molecular complexity index is 1050. The van der Waals surface area contributed by atoms with Crippen molar-refractivity contribution in [1.29, 1.82) is 0 Å². The molecule has 0 unspecified atom stereocenters. The van der Waals surface area contributed by atoms with Gasteiger partial charge in [0.25, 0.3) is 11.5 Å². The summed E-state index contributed by atoms with van der Waals surface area (Å²) < 4.78 is 1.64. The molecular formula is C17H18N4O3S2. The number of H-pyrrole nitrogens is 1. The van der Waals surface area contributed by atoms with Crippen molar-refractivity contribution in [3.8, 4) is 0 Å². The van der Waals surface area contributed by atoms with E-state index in [4.69, 9.17) is 0 Å². The summed E-state index contributed by atoms with van der Waals surface area (Å²) in [4.78, 5) is 45.1. The number of thioether (sulfide) groups is 1. The van der Waals surface area contributed by atoms with Gasteiger partial charge in [0.2, 0.25) is 5.91 Å². The molecular weight excluding hydrogens is 372 g/mol. The van der Waals surface area contributed by atoms with E-state index in [9.17, 15) is 14.4 Å². The van der Waals surface area contributed by atoms with Crippen LogP contribution in [0.3, 0.4) is 0 Å². The lowest BCUT2D eigenvalue weighted by molar-refractivity contribution is -0.117. The SMILES string of the molecule is Cc1sc2nc(CSCC(=O)NC(=O)c3cccn3C)[nH]c(=O)c2c1C. The van der Waals surface area contributed by atoms with E-state index >= 15 is 0 Å². The first-order valence-electron chi connectivity index (χ1n) is 7.89. The monoisotopic (exact) mass is 390 g/mol. The zero-order chi connectivity index (χ0) is 18.8. The summed E-state index contributed by atoms with van der Waals surface area (Å²) in [5.41, 5.74) is 1.22. The fourth-order valence-corrected chi connectivity index (χ4v) is 4.27. The predicted octanol–water partition coefficient (Wildman–Crippen LogP) is 2.13. The highest BCUT2D eigenvalue weighted by molar-refractivity contribution is 7.99. The zero-order valence-corrected chi connectivity index (χ0v) is 16.2. The second-order valence-electron chi connectivity index (χ2n) is 5.85. The fraction of sp³-hybridized carbons (Fsp3) is 0.294. The van der Waals surface area contributed by atoms with Gasteiger partial charge in [-0.2, -0.15) is 0 Å². The van der Waals surface area contributed by atoms with Gasteiger partial charge in [0.1, 0.15) is 16.3 Å². The Labute approximate surface area is 157 Å². The van der Waals surface area contributed by atoms with Gasteiger partial charge in [-0.25, -0.2) is 4.98 Å². The van der Waals surface area contributed by atoms with E-state index in [0.29, 0.717) is 27.5 Å². The van der Waals surface area contributed by atoms with Crippen LogP contribution in [0.4, 0.5) is 0 Å². The number of hydrogen-bond donors (Lipinski definition) is 2. The smallest absolute Gasteiger partial charge is 0.274 e. The van der Waals surface area contributed by atoms with Crippen LogP contribution in [-0.4, -0.2) is 32.1 Å². The Morgan fingerprint density at radius 1 is 1.38 bits per heavy atom. The molecule has 0 spiro atoms. The molecule has 0 bridgehead atoms.